The van der Waals surface area contributed by atoms with Gasteiger partial charge < -0.3 is 15.6 Å². The van der Waals surface area contributed by atoms with Crippen molar-refractivity contribution >= 4 is 5.82 Å². The van der Waals surface area contributed by atoms with Crippen molar-refractivity contribution in [2.45, 2.75) is 38.3 Å². The number of H-pyrrole nitrogens is 1. The fraction of sp³-hybridized carbons (Fsp3) is 0.636. The van der Waals surface area contributed by atoms with Crippen molar-refractivity contribution in [1.29, 1.82) is 0 Å². The van der Waals surface area contributed by atoms with Crippen LogP contribution in [0, 0.1) is 0 Å². The molecule has 88 valence electrons. The van der Waals surface area contributed by atoms with Gasteiger partial charge in [0.15, 0.2) is 5.82 Å². The Bertz CT molecular complexity index is 401. The van der Waals surface area contributed by atoms with Gasteiger partial charge in [-0.05, 0) is 26.2 Å². The maximum atomic E-state index is 11.7. The average Bonchev–Trinajstić information content (AvgIpc) is 2.29. The number of piperidine rings is 1. The number of aromatic nitrogens is 2. The van der Waals surface area contributed by atoms with Gasteiger partial charge >= 0.3 is 0 Å². The summed E-state index contributed by atoms with van der Waals surface area (Å²) in [7, 11) is 0. The molecule has 1 aromatic rings. The van der Waals surface area contributed by atoms with Crippen molar-refractivity contribution in [3.05, 3.63) is 22.7 Å². The maximum absolute atomic E-state index is 11.7. The smallest absolute Gasteiger partial charge is 0.290 e. The van der Waals surface area contributed by atoms with Gasteiger partial charge in [-0.3, -0.25) is 4.79 Å². The number of nitrogens with zero attached hydrogens (tertiary/aromatic N) is 2. The van der Waals surface area contributed by atoms with Gasteiger partial charge in [0.2, 0.25) is 0 Å². The quantitative estimate of drug-likeness (QED) is 0.763. The molecule has 5 heteroatoms. The minimum Gasteiger partial charge on any atom is -0.348 e. The highest BCUT2D eigenvalue weighted by Crippen LogP contribution is 2.21. The van der Waals surface area contributed by atoms with Crippen molar-refractivity contribution in [2.75, 3.05) is 11.4 Å². The first-order valence-electron chi connectivity index (χ1n) is 5.76. The maximum Gasteiger partial charge on any atom is 0.290 e. The zero-order valence-corrected chi connectivity index (χ0v) is 9.52. The number of anilines is 1. The third kappa shape index (κ3) is 2.09. The Kier molecular flexibility index (Phi) is 3.24. The molecule has 1 fully saturated rings. The van der Waals surface area contributed by atoms with E-state index in [4.69, 9.17) is 5.73 Å². The topological polar surface area (TPSA) is 75.0 Å². The summed E-state index contributed by atoms with van der Waals surface area (Å²) in [5.74, 6) is 0.504. The molecule has 0 aromatic carbocycles. The van der Waals surface area contributed by atoms with Gasteiger partial charge in [0.25, 0.3) is 5.56 Å². The Morgan fingerprint density at radius 1 is 1.62 bits per heavy atom. The van der Waals surface area contributed by atoms with E-state index in [1.807, 2.05) is 11.8 Å². The minimum atomic E-state index is -0.130. The summed E-state index contributed by atoms with van der Waals surface area (Å²) >= 11 is 0. The van der Waals surface area contributed by atoms with E-state index in [0.29, 0.717) is 5.82 Å². The summed E-state index contributed by atoms with van der Waals surface area (Å²) in [6, 6.07) is 0.284. The molecule has 2 heterocycles. The highest BCUT2D eigenvalue weighted by atomic mass is 16.1. The number of aromatic amines is 1. The Hall–Kier alpha value is -1.36. The first-order chi connectivity index (χ1) is 7.70. The molecule has 1 saturated heterocycles. The fourth-order valence-corrected chi connectivity index (χ4v) is 2.32. The average molecular weight is 222 g/mol. The third-order valence-corrected chi connectivity index (χ3v) is 3.12. The first-order valence-corrected chi connectivity index (χ1v) is 5.76. The van der Waals surface area contributed by atoms with Crippen LogP contribution in [-0.4, -0.2) is 28.6 Å². The van der Waals surface area contributed by atoms with Crippen molar-refractivity contribution in [1.82, 2.24) is 9.97 Å². The van der Waals surface area contributed by atoms with E-state index >= 15 is 0 Å². The predicted molar refractivity (Wildman–Crippen MR) is 63.5 cm³/mol. The van der Waals surface area contributed by atoms with Crippen molar-refractivity contribution in [3.8, 4) is 0 Å². The second-order valence-corrected chi connectivity index (χ2v) is 4.36. The Labute approximate surface area is 94.7 Å². The molecule has 2 rings (SSSR count). The third-order valence-electron chi connectivity index (χ3n) is 3.12. The van der Waals surface area contributed by atoms with E-state index in [1.54, 1.807) is 12.4 Å². The van der Waals surface area contributed by atoms with Crippen molar-refractivity contribution in [3.63, 3.8) is 0 Å². The molecule has 1 aliphatic rings. The van der Waals surface area contributed by atoms with E-state index in [2.05, 4.69) is 9.97 Å². The summed E-state index contributed by atoms with van der Waals surface area (Å²) in [5, 5.41) is 0. The number of rotatable bonds is 2. The lowest BCUT2D eigenvalue weighted by Gasteiger charge is -2.38. The molecule has 1 aromatic heterocycles. The second kappa shape index (κ2) is 4.65. The second-order valence-electron chi connectivity index (χ2n) is 4.36. The fourth-order valence-electron chi connectivity index (χ4n) is 2.32. The predicted octanol–water partition coefficient (Wildman–Crippen LogP) is 0.476. The van der Waals surface area contributed by atoms with E-state index in [0.717, 1.165) is 19.4 Å². The van der Waals surface area contributed by atoms with Crippen LogP contribution >= 0.6 is 0 Å². The summed E-state index contributed by atoms with van der Waals surface area (Å²) in [4.78, 5) is 20.6. The zero-order chi connectivity index (χ0) is 11.5. The van der Waals surface area contributed by atoms with E-state index in [1.165, 1.54) is 6.42 Å². The lowest BCUT2D eigenvalue weighted by molar-refractivity contribution is 0.410. The summed E-state index contributed by atoms with van der Waals surface area (Å²) in [6.07, 6.45) is 6.47. The summed E-state index contributed by atoms with van der Waals surface area (Å²) in [5.41, 5.74) is 5.83. The minimum absolute atomic E-state index is 0.0571. The molecule has 0 amide bonds. The van der Waals surface area contributed by atoms with Crippen LogP contribution in [0.2, 0.25) is 0 Å². The van der Waals surface area contributed by atoms with E-state index in [-0.39, 0.29) is 17.6 Å². The molecule has 0 radical (unpaired) electrons. The first kappa shape index (κ1) is 11.1. The van der Waals surface area contributed by atoms with Crippen molar-refractivity contribution < 1.29 is 0 Å². The van der Waals surface area contributed by atoms with Crippen LogP contribution in [0.4, 0.5) is 5.82 Å². The molecule has 0 aliphatic carbocycles. The molecular formula is C11H18N4O. The van der Waals surface area contributed by atoms with Gasteiger partial charge in [0.05, 0.1) is 0 Å². The Morgan fingerprint density at radius 3 is 3.12 bits per heavy atom. The van der Waals surface area contributed by atoms with Gasteiger partial charge in [-0.2, -0.15) is 0 Å². The monoisotopic (exact) mass is 222 g/mol. The van der Waals surface area contributed by atoms with Gasteiger partial charge in [-0.1, -0.05) is 0 Å². The molecule has 0 bridgehead atoms. The molecule has 2 atom stereocenters. The van der Waals surface area contributed by atoms with E-state index in [9.17, 15) is 4.79 Å². The number of nitrogens with two attached hydrogens (primary N) is 1. The van der Waals surface area contributed by atoms with Crippen LogP contribution in [0.3, 0.4) is 0 Å². The standard InChI is InChI=1S/C11H18N4O/c1-8(12)9-4-2-3-7-15(9)10-11(16)14-6-5-13-10/h5-6,8-9H,2-4,7,12H2,1H3,(H,14,16). The molecule has 0 spiro atoms. The van der Waals surface area contributed by atoms with Crippen LogP contribution in [0.25, 0.3) is 0 Å². The largest absolute Gasteiger partial charge is 0.348 e. The molecule has 1 aliphatic heterocycles. The Balaban J connectivity index is 2.30. The van der Waals surface area contributed by atoms with E-state index < -0.39 is 0 Å². The van der Waals surface area contributed by atoms with Crippen molar-refractivity contribution in [2.24, 2.45) is 5.73 Å². The highest BCUT2D eigenvalue weighted by molar-refractivity contribution is 5.38. The molecular weight excluding hydrogens is 204 g/mol. The van der Waals surface area contributed by atoms with Crippen LogP contribution in [0.15, 0.2) is 17.2 Å². The van der Waals surface area contributed by atoms with Gasteiger partial charge in [0.1, 0.15) is 0 Å². The van der Waals surface area contributed by atoms with Crippen LogP contribution in [0.1, 0.15) is 26.2 Å². The molecule has 5 nitrogen and oxygen atoms in total. The van der Waals surface area contributed by atoms with Gasteiger partial charge in [-0.25, -0.2) is 4.98 Å². The SMILES string of the molecule is CC(N)C1CCCCN1c1ncc[nH]c1=O. The highest BCUT2D eigenvalue weighted by Gasteiger charge is 2.27. The lowest BCUT2D eigenvalue weighted by atomic mass is 9.97. The summed E-state index contributed by atoms with van der Waals surface area (Å²) in [6.45, 7) is 2.85. The zero-order valence-electron chi connectivity index (χ0n) is 9.52. The number of hydrogen-bond donors (Lipinski definition) is 2. The molecule has 0 saturated carbocycles. The van der Waals surface area contributed by atoms with Crippen LogP contribution in [-0.2, 0) is 0 Å². The summed E-state index contributed by atoms with van der Waals surface area (Å²) < 4.78 is 0. The molecule has 3 N–H and O–H groups in total. The van der Waals surface area contributed by atoms with Gasteiger partial charge in [-0.15, -0.1) is 0 Å². The number of hydrogen-bond acceptors (Lipinski definition) is 4. The normalized spacial score (nSPS) is 23.1. The Morgan fingerprint density at radius 2 is 2.44 bits per heavy atom. The van der Waals surface area contributed by atoms with Gasteiger partial charge in [0, 0.05) is 31.0 Å². The van der Waals surface area contributed by atoms with Crippen LogP contribution in [0.5, 0.6) is 0 Å². The molecule has 2 unspecified atom stereocenters. The van der Waals surface area contributed by atoms with Crippen LogP contribution < -0.4 is 16.2 Å². The lowest BCUT2D eigenvalue weighted by Crippen LogP contribution is -2.51. The number of nitrogens with one attached hydrogen (secondary N) is 1. The molecule has 16 heavy (non-hydrogen) atoms.